The lowest BCUT2D eigenvalue weighted by atomic mass is 9.93. The molecule has 0 N–H and O–H groups in total. The highest BCUT2D eigenvalue weighted by atomic mass is 127. The van der Waals surface area contributed by atoms with Crippen molar-refractivity contribution in [1.82, 2.24) is 5.01 Å². The molecule has 6 nitrogen and oxygen atoms in total. The topological polar surface area (TPSA) is 68.2 Å². The van der Waals surface area contributed by atoms with E-state index in [4.69, 9.17) is 9.47 Å². The minimum Gasteiger partial charge on any atom is -0.490 e. The third-order valence-corrected chi connectivity index (χ3v) is 4.06. The maximum atomic E-state index is 14.6. The molecule has 2 rings (SSSR count). The van der Waals surface area contributed by atoms with E-state index in [-0.39, 0.29) is 30.1 Å². The van der Waals surface area contributed by atoms with Crippen LogP contribution in [0.3, 0.4) is 0 Å². The molecule has 27 heavy (non-hydrogen) atoms. The maximum Gasteiger partial charge on any atom is 0.438 e. The smallest absolute Gasteiger partial charge is 0.438 e. The molecule has 1 aromatic carbocycles. The molecule has 1 unspecified atom stereocenters. The highest BCUT2D eigenvalue weighted by molar-refractivity contribution is 14.1. The summed E-state index contributed by atoms with van der Waals surface area (Å²) in [7, 11) is 0. The lowest BCUT2D eigenvalue weighted by Gasteiger charge is -2.28. The van der Waals surface area contributed by atoms with E-state index >= 15 is 0 Å². The Balaban J connectivity index is 2.40. The van der Waals surface area contributed by atoms with Crippen LogP contribution in [-0.2, 0) is 9.53 Å². The average molecular weight is 494 g/mol. The van der Waals surface area contributed by atoms with Gasteiger partial charge in [-0.3, -0.25) is 4.79 Å². The Morgan fingerprint density at radius 2 is 2.00 bits per heavy atom. The minimum atomic E-state index is -1.13. The fourth-order valence-corrected chi connectivity index (χ4v) is 2.68. The Hall–Kier alpha value is -1.78. The molecule has 1 atom stereocenters. The van der Waals surface area contributed by atoms with Crippen molar-refractivity contribution >= 4 is 40.3 Å². The minimum absolute atomic E-state index is 0.0772. The molecular weight excluding hydrogens is 473 g/mol. The van der Waals surface area contributed by atoms with Gasteiger partial charge >= 0.3 is 6.09 Å². The molecule has 9 heteroatoms. The quantitative estimate of drug-likeness (QED) is 0.463. The number of carbonyl (C=O) groups is 2. The standard InChI is InChI=1S/C18H21F2IN2O4/c1-10-9-13(24)23(17(25)27-18(2,3)4)22-16(10)11-5-6-12(26-8-7-21)15(20)14(11)19/h5-6,10H,7-9H2,1-4H3. The van der Waals surface area contributed by atoms with Crippen LogP contribution < -0.4 is 4.74 Å². The van der Waals surface area contributed by atoms with Gasteiger partial charge in [-0.05, 0) is 32.9 Å². The summed E-state index contributed by atoms with van der Waals surface area (Å²) in [5.41, 5.74) is -0.856. The van der Waals surface area contributed by atoms with Gasteiger partial charge in [-0.25, -0.2) is 9.18 Å². The Bertz CT molecular complexity index is 777. The molecule has 0 aromatic heterocycles. The van der Waals surface area contributed by atoms with E-state index in [0.717, 1.165) is 0 Å². The summed E-state index contributed by atoms with van der Waals surface area (Å²) in [5, 5.41) is 4.54. The Morgan fingerprint density at radius 3 is 2.59 bits per heavy atom. The van der Waals surface area contributed by atoms with Gasteiger partial charge in [0, 0.05) is 22.3 Å². The molecule has 0 spiro atoms. The van der Waals surface area contributed by atoms with Crippen LogP contribution in [0.2, 0.25) is 0 Å². The Morgan fingerprint density at radius 1 is 1.33 bits per heavy atom. The van der Waals surface area contributed by atoms with E-state index in [0.29, 0.717) is 9.44 Å². The number of hydrogen-bond donors (Lipinski definition) is 0. The number of amides is 2. The molecule has 0 fully saturated rings. The third-order valence-electron chi connectivity index (χ3n) is 3.62. The summed E-state index contributed by atoms with van der Waals surface area (Å²) < 4.78 is 39.8. The second-order valence-corrected chi connectivity index (χ2v) is 8.13. The van der Waals surface area contributed by atoms with Crippen molar-refractivity contribution in [3.05, 3.63) is 29.3 Å². The van der Waals surface area contributed by atoms with Crippen LogP contribution in [0.25, 0.3) is 0 Å². The summed E-state index contributed by atoms with van der Waals surface area (Å²) in [6.45, 7) is 6.85. The first kappa shape index (κ1) is 21.5. The molecule has 1 heterocycles. The molecule has 0 saturated heterocycles. The summed E-state index contributed by atoms with van der Waals surface area (Å²) in [5.74, 6) is -3.52. The van der Waals surface area contributed by atoms with Gasteiger partial charge in [-0.1, -0.05) is 29.5 Å². The van der Waals surface area contributed by atoms with Gasteiger partial charge in [0.2, 0.25) is 5.82 Å². The molecule has 1 aliphatic heterocycles. The second-order valence-electron chi connectivity index (χ2n) is 7.05. The van der Waals surface area contributed by atoms with Gasteiger partial charge < -0.3 is 9.47 Å². The van der Waals surface area contributed by atoms with E-state index < -0.39 is 35.2 Å². The van der Waals surface area contributed by atoms with Crippen molar-refractivity contribution < 1.29 is 27.8 Å². The Kier molecular flexibility index (Phi) is 6.77. The molecular formula is C18H21F2IN2O4. The Labute approximate surface area is 170 Å². The fraction of sp³-hybridized carbons (Fsp3) is 0.500. The summed E-state index contributed by atoms with van der Waals surface area (Å²) in [6.07, 6.45) is -1.04. The monoisotopic (exact) mass is 494 g/mol. The zero-order valence-electron chi connectivity index (χ0n) is 15.5. The van der Waals surface area contributed by atoms with Crippen LogP contribution in [0.4, 0.5) is 13.6 Å². The fourth-order valence-electron chi connectivity index (χ4n) is 2.46. The van der Waals surface area contributed by atoms with Crippen molar-refractivity contribution in [1.29, 1.82) is 0 Å². The van der Waals surface area contributed by atoms with E-state index in [2.05, 4.69) is 27.7 Å². The zero-order chi connectivity index (χ0) is 20.4. The molecule has 0 saturated carbocycles. The van der Waals surface area contributed by atoms with Crippen LogP contribution in [-0.4, -0.2) is 39.4 Å². The normalized spacial score (nSPS) is 17.6. The summed E-state index contributed by atoms with van der Waals surface area (Å²) in [4.78, 5) is 24.4. The number of halogens is 3. The van der Waals surface area contributed by atoms with Gasteiger partial charge in [0.05, 0.1) is 12.3 Å². The van der Waals surface area contributed by atoms with Crippen molar-refractivity contribution in [3.8, 4) is 5.75 Å². The molecule has 1 aliphatic rings. The predicted molar refractivity (Wildman–Crippen MR) is 104 cm³/mol. The van der Waals surface area contributed by atoms with Crippen LogP contribution in [0.15, 0.2) is 17.2 Å². The number of alkyl halides is 1. The van der Waals surface area contributed by atoms with Crippen LogP contribution in [0.1, 0.15) is 39.7 Å². The highest BCUT2D eigenvalue weighted by Crippen LogP contribution is 2.28. The average Bonchev–Trinajstić information content (AvgIpc) is 2.55. The lowest BCUT2D eigenvalue weighted by molar-refractivity contribution is -0.131. The first-order valence-electron chi connectivity index (χ1n) is 8.36. The number of benzene rings is 1. The summed E-state index contributed by atoms with van der Waals surface area (Å²) in [6, 6.07) is 2.64. The second kappa shape index (κ2) is 8.49. The van der Waals surface area contributed by atoms with Gasteiger partial charge in [0.1, 0.15) is 5.60 Å². The van der Waals surface area contributed by atoms with E-state index in [1.54, 1.807) is 27.7 Å². The first-order chi connectivity index (χ1) is 12.5. The number of imide groups is 1. The molecule has 0 radical (unpaired) electrons. The molecule has 2 amide bonds. The molecule has 0 aliphatic carbocycles. The largest absolute Gasteiger partial charge is 0.490 e. The molecule has 148 valence electrons. The van der Waals surface area contributed by atoms with Crippen LogP contribution in [0.5, 0.6) is 5.75 Å². The predicted octanol–water partition coefficient (Wildman–Crippen LogP) is 4.29. The summed E-state index contributed by atoms with van der Waals surface area (Å²) >= 11 is 2.06. The van der Waals surface area contributed by atoms with E-state index in [1.807, 2.05) is 0 Å². The number of rotatable bonds is 4. The SMILES string of the molecule is CC1CC(=O)N(C(=O)OC(C)(C)C)N=C1c1ccc(OCCI)c(F)c1F. The number of carbonyl (C=O) groups excluding carboxylic acids is 2. The van der Waals surface area contributed by atoms with Crippen LogP contribution in [0, 0.1) is 17.6 Å². The van der Waals surface area contributed by atoms with Gasteiger partial charge in [0.15, 0.2) is 11.6 Å². The number of ether oxygens (including phenoxy) is 2. The first-order valence-corrected chi connectivity index (χ1v) is 9.89. The van der Waals surface area contributed by atoms with Crippen molar-refractivity contribution in [3.63, 3.8) is 0 Å². The number of hydrogen-bond acceptors (Lipinski definition) is 5. The van der Waals surface area contributed by atoms with E-state index in [9.17, 15) is 18.4 Å². The van der Waals surface area contributed by atoms with Crippen molar-refractivity contribution in [2.75, 3.05) is 11.0 Å². The van der Waals surface area contributed by atoms with Gasteiger partial charge in [-0.2, -0.15) is 9.49 Å². The third kappa shape index (κ3) is 5.14. The van der Waals surface area contributed by atoms with Gasteiger partial charge in [-0.15, -0.1) is 5.01 Å². The number of hydrazone groups is 1. The highest BCUT2D eigenvalue weighted by Gasteiger charge is 2.35. The maximum absolute atomic E-state index is 14.6. The lowest BCUT2D eigenvalue weighted by Crippen LogP contribution is -2.42. The van der Waals surface area contributed by atoms with Gasteiger partial charge in [0.25, 0.3) is 5.91 Å². The zero-order valence-corrected chi connectivity index (χ0v) is 17.7. The van der Waals surface area contributed by atoms with E-state index in [1.165, 1.54) is 12.1 Å². The molecule has 0 bridgehead atoms. The van der Waals surface area contributed by atoms with Crippen LogP contribution >= 0.6 is 22.6 Å². The molecule has 1 aromatic rings. The van der Waals surface area contributed by atoms with Crippen molar-refractivity contribution in [2.45, 2.75) is 39.7 Å². The number of nitrogens with zero attached hydrogens (tertiary/aromatic N) is 2. The van der Waals surface area contributed by atoms with Crippen molar-refractivity contribution in [2.24, 2.45) is 11.0 Å².